The molecule has 2 aromatic carbocycles. The summed E-state index contributed by atoms with van der Waals surface area (Å²) in [5.41, 5.74) is 2.08. The highest BCUT2D eigenvalue weighted by atomic mass is 16.5. The molecule has 0 saturated carbocycles. The Balaban J connectivity index is 2.01. The Morgan fingerprint density at radius 2 is 1.44 bits per heavy atom. The lowest BCUT2D eigenvalue weighted by atomic mass is 9.99. The van der Waals surface area contributed by atoms with E-state index in [0.717, 1.165) is 11.1 Å². The van der Waals surface area contributed by atoms with Gasteiger partial charge < -0.3 is 10.1 Å². The van der Waals surface area contributed by atoms with E-state index in [1.54, 1.807) is 6.92 Å². The smallest absolute Gasteiger partial charge is 0.328 e. The number of nitrogens with one attached hydrogen (secondary N) is 1. The van der Waals surface area contributed by atoms with E-state index in [9.17, 15) is 9.59 Å². The van der Waals surface area contributed by atoms with E-state index in [1.165, 1.54) is 0 Å². The predicted octanol–water partition coefficient (Wildman–Crippen LogP) is 3.16. The van der Waals surface area contributed by atoms with Gasteiger partial charge in [-0.15, -0.1) is 0 Å². The molecule has 1 N–H and O–H groups in total. The SMILES string of the molecule is CCOC(=O)[C@H](Cc1ccccc1)NC(=O)C(C)Cc1ccccc1. The highest BCUT2D eigenvalue weighted by Crippen LogP contribution is 2.10. The van der Waals surface area contributed by atoms with Crippen LogP contribution in [0.15, 0.2) is 60.7 Å². The molecule has 0 aliphatic carbocycles. The number of rotatable bonds is 8. The molecule has 0 aliphatic rings. The fourth-order valence-electron chi connectivity index (χ4n) is 2.66. The normalized spacial score (nSPS) is 12.9. The van der Waals surface area contributed by atoms with E-state index in [1.807, 2.05) is 67.6 Å². The quantitative estimate of drug-likeness (QED) is 0.752. The number of carbonyl (C=O) groups is 2. The van der Waals surface area contributed by atoms with Gasteiger partial charge in [-0.25, -0.2) is 4.79 Å². The second kappa shape index (κ2) is 9.62. The van der Waals surface area contributed by atoms with Crippen LogP contribution in [0.25, 0.3) is 0 Å². The van der Waals surface area contributed by atoms with Crippen LogP contribution in [0.4, 0.5) is 0 Å². The molecule has 0 bridgehead atoms. The topological polar surface area (TPSA) is 55.4 Å². The number of carbonyl (C=O) groups excluding carboxylic acids is 2. The molecule has 0 fully saturated rings. The number of esters is 1. The van der Waals surface area contributed by atoms with Crippen molar-refractivity contribution in [2.24, 2.45) is 5.92 Å². The molecule has 0 radical (unpaired) electrons. The van der Waals surface area contributed by atoms with Crippen molar-refractivity contribution < 1.29 is 14.3 Å². The minimum atomic E-state index is -0.673. The average Bonchev–Trinajstić information content (AvgIpc) is 2.63. The molecule has 2 atom stereocenters. The Bertz CT molecular complexity index is 670. The highest BCUT2D eigenvalue weighted by molar-refractivity contribution is 5.86. The first-order valence-corrected chi connectivity index (χ1v) is 8.65. The zero-order chi connectivity index (χ0) is 18.1. The van der Waals surface area contributed by atoms with Gasteiger partial charge in [0.2, 0.25) is 5.91 Å². The molecule has 2 rings (SSSR count). The van der Waals surface area contributed by atoms with E-state index in [0.29, 0.717) is 19.4 Å². The van der Waals surface area contributed by atoms with Crippen molar-refractivity contribution >= 4 is 11.9 Å². The van der Waals surface area contributed by atoms with Gasteiger partial charge in [0.1, 0.15) is 6.04 Å². The largest absolute Gasteiger partial charge is 0.464 e. The lowest BCUT2D eigenvalue weighted by Crippen LogP contribution is -2.45. The summed E-state index contributed by atoms with van der Waals surface area (Å²) < 4.78 is 5.12. The number of amides is 1. The monoisotopic (exact) mass is 339 g/mol. The minimum absolute atomic E-state index is 0.141. The highest BCUT2D eigenvalue weighted by Gasteiger charge is 2.25. The van der Waals surface area contributed by atoms with Crippen LogP contribution < -0.4 is 5.32 Å². The Morgan fingerprint density at radius 1 is 0.920 bits per heavy atom. The molecule has 1 unspecified atom stereocenters. The lowest BCUT2D eigenvalue weighted by molar-refractivity contribution is -0.147. The van der Waals surface area contributed by atoms with Crippen molar-refractivity contribution in [3.05, 3.63) is 71.8 Å². The first kappa shape index (κ1) is 18.7. The maximum Gasteiger partial charge on any atom is 0.328 e. The van der Waals surface area contributed by atoms with Crippen LogP contribution in [-0.4, -0.2) is 24.5 Å². The van der Waals surface area contributed by atoms with Crippen molar-refractivity contribution in [1.29, 1.82) is 0 Å². The standard InChI is InChI=1S/C21H25NO3/c1-3-25-21(24)19(15-18-12-8-5-9-13-18)22-20(23)16(2)14-17-10-6-4-7-11-17/h4-13,16,19H,3,14-15H2,1-2H3,(H,22,23)/t16?,19-/m0/s1. The molecule has 132 valence electrons. The summed E-state index contributed by atoms with van der Waals surface area (Å²) >= 11 is 0. The fraction of sp³-hybridized carbons (Fsp3) is 0.333. The first-order valence-electron chi connectivity index (χ1n) is 8.65. The van der Waals surface area contributed by atoms with Crippen LogP contribution in [0.3, 0.4) is 0 Å². The van der Waals surface area contributed by atoms with Gasteiger partial charge in [-0.1, -0.05) is 67.6 Å². The minimum Gasteiger partial charge on any atom is -0.464 e. The van der Waals surface area contributed by atoms with Crippen molar-refractivity contribution in [2.45, 2.75) is 32.7 Å². The lowest BCUT2D eigenvalue weighted by Gasteiger charge is -2.20. The molecule has 0 heterocycles. The molecular weight excluding hydrogens is 314 g/mol. The summed E-state index contributed by atoms with van der Waals surface area (Å²) in [6.45, 7) is 3.92. The third-order valence-electron chi connectivity index (χ3n) is 4.00. The van der Waals surface area contributed by atoms with Crippen molar-refractivity contribution in [3.63, 3.8) is 0 Å². The number of ether oxygens (including phenoxy) is 1. The van der Waals surface area contributed by atoms with Gasteiger partial charge in [0.05, 0.1) is 6.61 Å². The van der Waals surface area contributed by atoms with Crippen LogP contribution in [0.1, 0.15) is 25.0 Å². The van der Waals surface area contributed by atoms with Crippen LogP contribution >= 0.6 is 0 Å². The third-order valence-corrected chi connectivity index (χ3v) is 4.00. The predicted molar refractivity (Wildman–Crippen MR) is 98.0 cm³/mol. The van der Waals surface area contributed by atoms with Gasteiger partial charge >= 0.3 is 5.97 Å². The van der Waals surface area contributed by atoms with E-state index in [-0.39, 0.29) is 11.8 Å². The maximum atomic E-state index is 12.5. The van der Waals surface area contributed by atoms with Crippen LogP contribution in [-0.2, 0) is 27.2 Å². The van der Waals surface area contributed by atoms with E-state index in [4.69, 9.17) is 4.74 Å². The van der Waals surface area contributed by atoms with E-state index >= 15 is 0 Å². The molecular formula is C21H25NO3. The van der Waals surface area contributed by atoms with Gasteiger partial charge in [0, 0.05) is 12.3 Å². The van der Waals surface area contributed by atoms with Crippen LogP contribution in [0.2, 0.25) is 0 Å². The molecule has 1 amide bonds. The zero-order valence-corrected chi connectivity index (χ0v) is 14.8. The summed E-state index contributed by atoms with van der Waals surface area (Å²) in [6, 6.07) is 18.8. The summed E-state index contributed by atoms with van der Waals surface area (Å²) in [6.07, 6.45) is 1.05. The van der Waals surface area contributed by atoms with Gasteiger partial charge in [-0.3, -0.25) is 4.79 Å². The molecule has 0 aliphatic heterocycles. The second-order valence-corrected chi connectivity index (χ2v) is 6.09. The molecule has 4 heteroatoms. The summed E-state index contributed by atoms with van der Waals surface area (Å²) in [4.78, 5) is 24.8. The zero-order valence-electron chi connectivity index (χ0n) is 14.8. The molecule has 0 saturated heterocycles. The molecule has 25 heavy (non-hydrogen) atoms. The first-order chi connectivity index (χ1) is 12.1. The number of benzene rings is 2. The van der Waals surface area contributed by atoms with E-state index < -0.39 is 12.0 Å². The Morgan fingerprint density at radius 3 is 1.96 bits per heavy atom. The van der Waals surface area contributed by atoms with E-state index in [2.05, 4.69) is 5.32 Å². The number of hydrogen-bond acceptors (Lipinski definition) is 3. The fourth-order valence-corrected chi connectivity index (χ4v) is 2.66. The molecule has 4 nitrogen and oxygen atoms in total. The summed E-state index contributed by atoms with van der Waals surface area (Å²) in [7, 11) is 0. The van der Waals surface area contributed by atoms with Crippen LogP contribution in [0, 0.1) is 5.92 Å². The van der Waals surface area contributed by atoms with Gasteiger partial charge in [0.25, 0.3) is 0 Å². The van der Waals surface area contributed by atoms with Crippen LogP contribution in [0.5, 0.6) is 0 Å². The molecule has 0 aromatic heterocycles. The van der Waals surface area contributed by atoms with Crippen molar-refractivity contribution in [3.8, 4) is 0 Å². The Labute approximate surface area is 149 Å². The molecule has 0 spiro atoms. The maximum absolute atomic E-state index is 12.5. The summed E-state index contributed by atoms with van der Waals surface area (Å²) in [5, 5.41) is 2.86. The van der Waals surface area contributed by atoms with Gasteiger partial charge in [0.15, 0.2) is 0 Å². The third kappa shape index (κ3) is 6.07. The Hall–Kier alpha value is -2.62. The van der Waals surface area contributed by atoms with Crippen molar-refractivity contribution in [1.82, 2.24) is 5.32 Å². The average molecular weight is 339 g/mol. The summed E-state index contributed by atoms with van der Waals surface area (Å²) in [5.74, 6) is -0.764. The van der Waals surface area contributed by atoms with Gasteiger partial charge in [-0.05, 0) is 24.5 Å². The van der Waals surface area contributed by atoms with Gasteiger partial charge in [-0.2, -0.15) is 0 Å². The second-order valence-electron chi connectivity index (χ2n) is 6.09. The number of hydrogen-bond donors (Lipinski definition) is 1. The molecule has 2 aromatic rings. The van der Waals surface area contributed by atoms with Crippen molar-refractivity contribution in [2.75, 3.05) is 6.61 Å². The Kier molecular flexibility index (Phi) is 7.20.